The van der Waals surface area contributed by atoms with Gasteiger partial charge in [-0.15, -0.1) is 0 Å². The van der Waals surface area contributed by atoms with Crippen molar-refractivity contribution in [2.75, 3.05) is 0 Å². The normalized spacial score (nSPS) is 12.2. The van der Waals surface area contributed by atoms with E-state index >= 15 is 0 Å². The van der Waals surface area contributed by atoms with Gasteiger partial charge in [0.2, 0.25) is 0 Å². The fourth-order valence-corrected chi connectivity index (χ4v) is 1.98. The van der Waals surface area contributed by atoms with Crippen LogP contribution in [-0.4, -0.2) is 4.98 Å². The Morgan fingerprint density at radius 1 is 1.28 bits per heavy atom. The molecule has 18 heavy (non-hydrogen) atoms. The molecule has 2 aromatic rings. The Morgan fingerprint density at radius 2 is 2.00 bits per heavy atom. The number of benzene rings is 1. The summed E-state index contributed by atoms with van der Waals surface area (Å²) < 4.78 is 6.63. The van der Waals surface area contributed by atoms with Crippen LogP contribution in [0.25, 0.3) is 0 Å². The zero-order valence-corrected chi connectivity index (χ0v) is 11.7. The molecule has 4 heteroatoms. The predicted octanol–water partition coefficient (Wildman–Crippen LogP) is 3.44. The SMILES string of the molecule is CC(N)c1ccc(OCc2cncc(Br)c2)cc1. The van der Waals surface area contributed by atoms with E-state index in [0.29, 0.717) is 6.61 Å². The molecule has 0 spiro atoms. The van der Waals surface area contributed by atoms with E-state index in [0.717, 1.165) is 21.3 Å². The summed E-state index contributed by atoms with van der Waals surface area (Å²) in [6, 6.07) is 9.88. The van der Waals surface area contributed by atoms with Gasteiger partial charge in [-0.25, -0.2) is 0 Å². The third-order valence-corrected chi connectivity index (χ3v) is 3.01. The maximum atomic E-state index is 5.79. The quantitative estimate of drug-likeness (QED) is 0.941. The predicted molar refractivity (Wildman–Crippen MR) is 75.3 cm³/mol. The zero-order chi connectivity index (χ0) is 13.0. The highest BCUT2D eigenvalue weighted by Crippen LogP contribution is 2.18. The van der Waals surface area contributed by atoms with Crippen LogP contribution in [0.15, 0.2) is 47.2 Å². The van der Waals surface area contributed by atoms with Crippen molar-refractivity contribution < 1.29 is 4.74 Å². The van der Waals surface area contributed by atoms with Crippen LogP contribution < -0.4 is 10.5 Å². The van der Waals surface area contributed by atoms with Gasteiger partial charge in [0.1, 0.15) is 12.4 Å². The Hall–Kier alpha value is -1.39. The average Bonchev–Trinajstić information content (AvgIpc) is 2.37. The first-order valence-electron chi connectivity index (χ1n) is 5.73. The molecule has 1 heterocycles. The first kappa shape index (κ1) is 13.1. The molecule has 0 radical (unpaired) electrons. The summed E-state index contributed by atoms with van der Waals surface area (Å²) in [6.45, 7) is 2.47. The van der Waals surface area contributed by atoms with Gasteiger partial charge in [0, 0.05) is 28.5 Å². The van der Waals surface area contributed by atoms with Crippen LogP contribution in [0, 0.1) is 0 Å². The van der Waals surface area contributed by atoms with E-state index in [9.17, 15) is 0 Å². The van der Waals surface area contributed by atoms with Crippen molar-refractivity contribution >= 4 is 15.9 Å². The molecule has 0 saturated carbocycles. The number of aromatic nitrogens is 1. The van der Waals surface area contributed by atoms with Gasteiger partial charge in [-0.2, -0.15) is 0 Å². The Morgan fingerprint density at radius 3 is 2.61 bits per heavy atom. The smallest absolute Gasteiger partial charge is 0.119 e. The van der Waals surface area contributed by atoms with Crippen LogP contribution in [0.5, 0.6) is 5.75 Å². The van der Waals surface area contributed by atoms with E-state index in [1.165, 1.54) is 0 Å². The van der Waals surface area contributed by atoms with Crippen LogP contribution in [0.4, 0.5) is 0 Å². The van der Waals surface area contributed by atoms with Gasteiger partial charge in [0.15, 0.2) is 0 Å². The van der Waals surface area contributed by atoms with Gasteiger partial charge in [-0.05, 0) is 46.6 Å². The highest BCUT2D eigenvalue weighted by Gasteiger charge is 2.00. The summed E-state index contributed by atoms with van der Waals surface area (Å²) in [5.41, 5.74) is 7.92. The van der Waals surface area contributed by atoms with E-state index in [4.69, 9.17) is 10.5 Å². The number of ether oxygens (including phenoxy) is 1. The number of halogens is 1. The minimum atomic E-state index is 0.0494. The molecule has 0 saturated heterocycles. The molecule has 2 rings (SSSR count). The fraction of sp³-hybridized carbons (Fsp3) is 0.214. The Kier molecular flexibility index (Phi) is 4.33. The lowest BCUT2D eigenvalue weighted by Gasteiger charge is -2.09. The number of hydrogen-bond acceptors (Lipinski definition) is 3. The molecule has 0 bridgehead atoms. The zero-order valence-electron chi connectivity index (χ0n) is 10.1. The van der Waals surface area contributed by atoms with Crippen LogP contribution >= 0.6 is 15.9 Å². The fourth-order valence-electron chi connectivity index (χ4n) is 1.57. The number of pyridine rings is 1. The first-order valence-corrected chi connectivity index (χ1v) is 6.52. The van der Waals surface area contributed by atoms with E-state index in [2.05, 4.69) is 20.9 Å². The van der Waals surface area contributed by atoms with Crippen molar-refractivity contribution in [1.82, 2.24) is 4.98 Å². The molecular weight excluding hydrogens is 292 g/mol. The number of hydrogen-bond donors (Lipinski definition) is 1. The van der Waals surface area contributed by atoms with Crippen molar-refractivity contribution in [3.8, 4) is 5.75 Å². The van der Waals surface area contributed by atoms with Gasteiger partial charge < -0.3 is 10.5 Å². The third kappa shape index (κ3) is 3.55. The van der Waals surface area contributed by atoms with E-state index in [-0.39, 0.29) is 6.04 Å². The molecule has 3 nitrogen and oxygen atoms in total. The molecule has 0 aliphatic rings. The minimum absolute atomic E-state index is 0.0494. The largest absolute Gasteiger partial charge is 0.489 e. The van der Waals surface area contributed by atoms with Gasteiger partial charge in [0.05, 0.1) is 0 Å². The summed E-state index contributed by atoms with van der Waals surface area (Å²) in [6.07, 6.45) is 3.54. The van der Waals surface area contributed by atoms with Crippen molar-refractivity contribution in [1.29, 1.82) is 0 Å². The van der Waals surface area contributed by atoms with E-state index in [1.54, 1.807) is 12.4 Å². The first-order chi connectivity index (χ1) is 8.65. The molecule has 1 atom stereocenters. The second kappa shape index (κ2) is 5.98. The number of rotatable bonds is 4. The Labute approximate surface area is 115 Å². The van der Waals surface area contributed by atoms with E-state index < -0.39 is 0 Å². The maximum Gasteiger partial charge on any atom is 0.119 e. The van der Waals surface area contributed by atoms with Crippen LogP contribution in [0.2, 0.25) is 0 Å². The third-order valence-electron chi connectivity index (χ3n) is 2.57. The lowest BCUT2D eigenvalue weighted by atomic mass is 10.1. The molecule has 0 aliphatic heterocycles. The van der Waals surface area contributed by atoms with Gasteiger partial charge in [-0.3, -0.25) is 4.98 Å². The standard InChI is InChI=1S/C14H15BrN2O/c1-10(16)12-2-4-14(5-3-12)18-9-11-6-13(15)8-17-7-11/h2-8,10H,9,16H2,1H3. The van der Waals surface area contributed by atoms with Crippen molar-refractivity contribution in [2.45, 2.75) is 19.6 Å². The Bertz CT molecular complexity index is 511. The van der Waals surface area contributed by atoms with Crippen LogP contribution in [0.3, 0.4) is 0 Å². The van der Waals surface area contributed by atoms with Gasteiger partial charge in [0.25, 0.3) is 0 Å². The van der Waals surface area contributed by atoms with E-state index in [1.807, 2.05) is 37.3 Å². The van der Waals surface area contributed by atoms with Gasteiger partial charge in [-0.1, -0.05) is 12.1 Å². The maximum absolute atomic E-state index is 5.79. The molecule has 1 unspecified atom stereocenters. The lowest BCUT2D eigenvalue weighted by molar-refractivity contribution is 0.305. The van der Waals surface area contributed by atoms with Crippen LogP contribution in [0.1, 0.15) is 24.1 Å². The van der Waals surface area contributed by atoms with Gasteiger partial charge >= 0.3 is 0 Å². The molecule has 94 valence electrons. The average molecular weight is 307 g/mol. The Balaban J connectivity index is 1.98. The molecule has 0 fully saturated rings. The highest BCUT2D eigenvalue weighted by atomic mass is 79.9. The summed E-state index contributed by atoms with van der Waals surface area (Å²) in [4.78, 5) is 4.09. The summed E-state index contributed by atoms with van der Waals surface area (Å²) in [7, 11) is 0. The molecule has 0 amide bonds. The molecular formula is C14H15BrN2O. The molecule has 0 aliphatic carbocycles. The second-order valence-electron chi connectivity index (χ2n) is 4.16. The van der Waals surface area contributed by atoms with Crippen LogP contribution in [-0.2, 0) is 6.61 Å². The summed E-state index contributed by atoms with van der Waals surface area (Å²) in [5.74, 6) is 0.833. The van der Waals surface area contributed by atoms with Crippen molar-refractivity contribution in [3.05, 3.63) is 58.3 Å². The van der Waals surface area contributed by atoms with Crippen molar-refractivity contribution in [2.24, 2.45) is 5.73 Å². The topological polar surface area (TPSA) is 48.1 Å². The lowest BCUT2D eigenvalue weighted by Crippen LogP contribution is -2.04. The summed E-state index contributed by atoms with van der Waals surface area (Å²) >= 11 is 3.38. The summed E-state index contributed by atoms with van der Waals surface area (Å²) in [5, 5.41) is 0. The van der Waals surface area contributed by atoms with Crippen molar-refractivity contribution in [3.63, 3.8) is 0 Å². The molecule has 1 aromatic carbocycles. The minimum Gasteiger partial charge on any atom is -0.489 e. The number of nitrogens with zero attached hydrogens (tertiary/aromatic N) is 1. The highest BCUT2D eigenvalue weighted by molar-refractivity contribution is 9.10. The molecule has 2 N–H and O–H groups in total. The number of nitrogens with two attached hydrogens (primary N) is 1. The monoisotopic (exact) mass is 306 g/mol. The molecule has 1 aromatic heterocycles. The second-order valence-corrected chi connectivity index (χ2v) is 5.07.